The van der Waals surface area contributed by atoms with Crippen molar-refractivity contribution in [2.45, 2.75) is 96.3 Å². The summed E-state index contributed by atoms with van der Waals surface area (Å²) in [7, 11) is 0. The number of hydrogen-bond acceptors (Lipinski definition) is 7. The molecule has 0 radical (unpaired) electrons. The van der Waals surface area contributed by atoms with Crippen LogP contribution < -0.4 is 27.4 Å². The minimum Gasteiger partial charge on any atom is -0.481 e. The molecule has 5 atom stereocenters. The van der Waals surface area contributed by atoms with Crippen LogP contribution in [0.25, 0.3) is 0 Å². The normalized spacial score (nSPS) is 16.5. The summed E-state index contributed by atoms with van der Waals surface area (Å²) < 4.78 is 0. The molecule has 2 aromatic rings. The van der Waals surface area contributed by atoms with Gasteiger partial charge in [0.25, 0.3) is 0 Å². The van der Waals surface area contributed by atoms with Gasteiger partial charge in [0.1, 0.15) is 18.1 Å². The Balaban J connectivity index is 1.72. The highest BCUT2D eigenvalue weighted by molar-refractivity contribution is 5.95. The highest BCUT2D eigenvalue weighted by Crippen LogP contribution is 2.25. The van der Waals surface area contributed by atoms with E-state index < -0.39 is 53.8 Å². The lowest BCUT2D eigenvalue weighted by Crippen LogP contribution is -2.59. The Bertz CT molecular complexity index is 1380. The first-order valence-corrected chi connectivity index (χ1v) is 17.8. The van der Waals surface area contributed by atoms with Gasteiger partial charge >= 0.3 is 5.97 Å². The molecule has 1 aliphatic heterocycles. The third kappa shape index (κ3) is 13.2. The summed E-state index contributed by atoms with van der Waals surface area (Å²) in [6.07, 6.45) is 3.58. The Hall–Kier alpha value is -4.29. The van der Waals surface area contributed by atoms with Crippen LogP contribution in [0.2, 0.25) is 0 Å². The monoisotopic (exact) mass is 692 g/mol. The van der Waals surface area contributed by atoms with Crippen LogP contribution in [0.3, 0.4) is 0 Å². The highest BCUT2D eigenvalue weighted by Gasteiger charge is 2.34. The van der Waals surface area contributed by atoms with Gasteiger partial charge < -0.3 is 37.4 Å². The van der Waals surface area contributed by atoms with E-state index in [4.69, 9.17) is 11.5 Å². The lowest BCUT2D eigenvalue weighted by atomic mass is 9.87. The molecule has 1 unspecified atom stereocenters. The SMILES string of the molecule is CC(C)C[C@@H](NC(=O)[C@@H](Cc1ccccc1)NC(=O)[C@H](N)Cc1ccccc1)C(=O)N[C@H](CCCN)C(=O)N1CCC(CC(C)C(=O)O)CC1. The number of carbonyl (C=O) groups is 5. The average Bonchev–Trinajstić information content (AvgIpc) is 3.09. The van der Waals surface area contributed by atoms with Gasteiger partial charge in [0, 0.05) is 19.5 Å². The number of benzene rings is 2. The lowest BCUT2D eigenvalue weighted by Gasteiger charge is -2.35. The van der Waals surface area contributed by atoms with Crippen LogP contribution in [0.5, 0.6) is 0 Å². The molecule has 0 spiro atoms. The molecule has 2 aromatic carbocycles. The molecule has 50 heavy (non-hydrogen) atoms. The second-order valence-electron chi connectivity index (χ2n) is 14.0. The number of carboxylic acids is 1. The van der Waals surface area contributed by atoms with Crippen molar-refractivity contribution in [1.29, 1.82) is 0 Å². The summed E-state index contributed by atoms with van der Waals surface area (Å²) in [5.74, 6) is -2.75. The molecule has 0 bridgehead atoms. The van der Waals surface area contributed by atoms with Gasteiger partial charge in [-0.15, -0.1) is 0 Å². The van der Waals surface area contributed by atoms with Gasteiger partial charge in [-0.25, -0.2) is 0 Å². The molecule has 12 heteroatoms. The molecule has 1 saturated heterocycles. The molecule has 1 heterocycles. The van der Waals surface area contributed by atoms with Gasteiger partial charge in [0.15, 0.2) is 0 Å². The summed E-state index contributed by atoms with van der Waals surface area (Å²) in [5, 5.41) is 17.9. The van der Waals surface area contributed by atoms with Crippen molar-refractivity contribution in [3.8, 4) is 0 Å². The third-order valence-corrected chi connectivity index (χ3v) is 9.24. The Labute approximate surface area is 296 Å². The van der Waals surface area contributed by atoms with Crippen LogP contribution in [-0.2, 0) is 36.8 Å². The summed E-state index contributed by atoms with van der Waals surface area (Å²) in [6, 6.07) is 15.0. The van der Waals surface area contributed by atoms with Gasteiger partial charge in [-0.2, -0.15) is 0 Å². The van der Waals surface area contributed by atoms with E-state index >= 15 is 0 Å². The van der Waals surface area contributed by atoms with E-state index in [-0.39, 0.29) is 24.2 Å². The van der Waals surface area contributed by atoms with E-state index in [0.29, 0.717) is 64.6 Å². The van der Waals surface area contributed by atoms with Crippen molar-refractivity contribution >= 4 is 29.6 Å². The molecule has 1 aliphatic rings. The number of carbonyl (C=O) groups excluding carboxylic acids is 4. The van der Waals surface area contributed by atoms with Crippen LogP contribution in [0.1, 0.15) is 70.4 Å². The summed E-state index contributed by atoms with van der Waals surface area (Å²) in [4.78, 5) is 67.7. The first-order valence-electron chi connectivity index (χ1n) is 17.8. The maximum absolute atomic E-state index is 13.9. The maximum atomic E-state index is 13.9. The van der Waals surface area contributed by atoms with Crippen LogP contribution in [0.15, 0.2) is 60.7 Å². The summed E-state index contributed by atoms with van der Waals surface area (Å²) in [5.41, 5.74) is 13.8. The van der Waals surface area contributed by atoms with E-state index in [1.165, 1.54) is 0 Å². The Kier molecular flexibility index (Phi) is 16.4. The zero-order valence-electron chi connectivity index (χ0n) is 29.7. The van der Waals surface area contributed by atoms with Crippen molar-refractivity contribution in [3.05, 3.63) is 71.8 Å². The van der Waals surface area contributed by atoms with Crippen molar-refractivity contribution in [1.82, 2.24) is 20.9 Å². The number of nitrogens with two attached hydrogens (primary N) is 2. The standard InChI is InChI=1S/C38H56N6O6/c1-25(2)21-32(35(46)41-31(15-10-18-39)37(48)44-19-16-29(17-20-44)22-26(3)38(49)50)43-36(47)33(24-28-13-8-5-9-14-28)42-34(45)30(40)23-27-11-6-4-7-12-27/h4-9,11-14,25-26,29-33H,10,15-24,39-40H2,1-3H3,(H,41,46)(H,42,45)(H,43,47)(H,49,50)/t26?,30-,31-,32-,33-/m1/s1. The molecule has 3 rings (SSSR count). The van der Waals surface area contributed by atoms with Gasteiger partial charge in [-0.3, -0.25) is 24.0 Å². The molecule has 12 nitrogen and oxygen atoms in total. The van der Waals surface area contributed by atoms with E-state index in [0.717, 1.165) is 11.1 Å². The zero-order chi connectivity index (χ0) is 36.6. The molecular weight excluding hydrogens is 636 g/mol. The van der Waals surface area contributed by atoms with Crippen molar-refractivity contribution in [2.75, 3.05) is 19.6 Å². The predicted octanol–water partition coefficient (Wildman–Crippen LogP) is 2.39. The second kappa shape index (κ2) is 20.4. The number of rotatable bonds is 19. The molecule has 0 aromatic heterocycles. The molecule has 274 valence electrons. The van der Waals surface area contributed by atoms with Gasteiger partial charge in [-0.1, -0.05) is 81.4 Å². The Morgan fingerprint density at radius 3 is 1.84 bits per heavy atom. The zero-order valence-corrected chi connectivity index (χ0v) is 29.7. The smallest absolute Gasteiger partial charge is 0.306 e. The Morgan fingerprint density at radius 2 is 1.30 bits per heavy atom. The molecule has 1 fully saturated rings. The van der Waals surface area contributed by atoms with E-state index in [9.17, 15) is 29.1 Å². The average molecular weight is 693 g/mol. The van der Waals surface area contributed by atoms with E-state index in [2.05, 4.69) is 16.0 Å². The van der Waals surface area contributed by atoms with Crippen LogP contribution in [-0.4, -0.2) is 83.4 Å². The fourth-order valence-electron chi connectivity index (χ4n) is 6.34. The van der Waals surface area contributed by atoms with Crippen molar-refractivity contribution in [2.24, 2.45) is 29.2 Å². The van der Waals surface area contributed by atoms with Crippen molar-refractivity contribution < 1.29 is 29.1 Å². The first-order chi connectivity index (χ1) is 23.9. The van der Waals surface area contributed by atoms with Gasteiger partial charge in [0.2, 0.25) is 23.6 Å². The molecule has 0 aliphatic carbocycles. The third-order valence-electron chi connectivity index (χ3n) is 9.24. The number of aliphatic carboxylic acids is 1. The molecule has 4 amide bonds. The molecule has 8 N–H and O–H groups in total. The minimum atomic E-state index is -1.01. The van der Waals surface area contributed by atoms with Crippen molar-refractivity contribution in [3.63, 3.8) is 0 Å². The fourth-order valence-corrected chi connectivity index (χ4v) is 6.34. The Morgan fingerprint density at radius 1 is 0.780 bits per heavy atom. The van der Waals surface area contributed by atoms with E-state index in [1.807, 2.05) is 74.5 Å². The molecule has 0 saturated carbocycles. The second-order valence-corrected chi connectivity index (χ2v) is 14.0. The minimum absolute atomic E-state index is 0.0259. The number of nitrogens with zero attached hydrogens (tertiary/aromatic N) is 1. The first kappa shape index (κ1) is 40.1. The lowest BCUT2D eigenvalue weighted by molar-refractivity contribution is -0.142. The summed E-state index contributed by atoms with van der Waals surface area (Å²) >= 11 is 0. The maximum Gasteiger partial charge on any atom is 0.306 e. The summed E-state index contributed by atoms with van der Waals surface area (Å²) in [6.45, 7) is 6.86. The van der Waals surface area contributed by atoms with E-state index in [1.54, 1.807) is 11.8 Å². The van der Waals surface area contributed by atoms with Crippen LogP contribution >= 0.6 is 0 Å². The number of amides is 4. The topological polar surface area (TPSA) is 197 Å². The predicted molar refractivity (Wildman–Crippen MR) is 193 cm³/mol. The largest absolute Gasteiger partial charge is 0.481 e. The number of likely N-dealkylation sites (tertiary alicyclic amines) is 1. The fraction of sp³-hybridized carbons (Fsp3) is 0.553. The quantitative estimate of drug-likeness (QED) is 0.129. The highest BCUT2D eigenvalue weighted by atomic mass is 16.4. The number of nitrogens with one attached hydrogen (secondary N) is 3. The van der Waals surface area contributed by atoms with Gasteiger partial charge in [0.05, 0.1) is 12.0 Å². The molecular formula is C38H56N6O6. The number of hydrogen-bond donors (Lipinski definition) is 6. The van der Waals surface area contributed by atoms with Crippen LogP contribution in [0.4, 0.5) is 0 Å². The van der Waals surface area contributed by atoms with Gasteiger partial charge in [-0.05, 0) is 74.5 Å². The number of piperidine rings is 1. The van der Waals surface area contributed by atoms with Crippen LogP contribution in [0, 0.1) is 17.8 Å². The number of carboxylic acid groups (broad SMARTS) is 1.